The van der Waals surface area contributed by atoms with Gasteiger partial charge in [0.15, 0.2) is 0 Å². The Morgan fingerprint density at radius 2 is 1.94 bits per heavy atom. The van der Waals surface area contributed by atoms with Gasteiger partial charge in [0.25, 0.3) is 0 Å². The Labute approximate surface area is 107 Å². The monoisotopic (exact) mass is 258 g/mol. The molecule has 1 saturated heterocycles. The molecule has 1 rings (SSSR count). The lowest BCUT2D eigenvalue weighted by molar-refractivity contribution is -0.139. The molecule has 0 spiro atoms. The molecule has 104 valence electrons. The molecule has 0 aliphatic carbocycles. The Morgan fingerprint density at radius 1 is 1.39 bits per heavy atom. The first-order chi connectivity index (χ1) is 8.43. The number of carbonyl (C=O) groups excluding carboxylic acids is 1. The van der Waals surface area contributed by atoms with E-state index in [0.29, 0.717) is 25.9 Å². The van der Waals surface area contributed by atoms with E-state index in [9.17, 15) is 9.59 Å². The third-order valence-electron chi connectivity index (χ3n) is 2.88. The fraction of sp³-hybridized carbons (Fsp3) is 0.833. The molecule has 6 nitrogen and oxygen atoms in total. The number of urea groups is 1. The molecule has 2 amide bonds. The molecule has 1 heterocycles. The van der Waals surface area contributed by atoms with Crippen molar-refractivity contribution in [3.05, 3.63) is 0 Å². The first kappa shape index (κ1) is 14.8. The summed E-state index contributed by atoms with van der Waals surface area (Å²) in [5.74, 6) is -0.987. The van der Waals surface area contributed by atoms with Crippen LogP contribution in [-0.2, 0) is 9.53 Å². The maximum Gasteiger partial charge on any atom is 0.326 e. The normalized spacial score (nSPS) is 25.6. The van der Waals surface area contributed by atoms with Gasteiger partial charge in [0.05, 0.1) is 12.2 Å². The maximum absolute atomic E-state index is 12.0. The highest BCUT2D eigenvalue weighted by atomic mass is 16.5. The minimum absolute atomic E-state index is 0.0195. The zero-order valence-corrected chi connectivity index (χ0v) is 11.2. The zero-order valence-electron chi connectivity index (χ0n) is 11.2. The second-order valence-corrected chi connectivity index (χ2v) is 4.79. The molecule has 0 aromatic rings. The van der Waals surface area contributed by atoms with Crippen molar-refractivity contribution in [1.29, 1.82) is 0 Å². The van der Waals surface area contributed by atoms with E-state index in [-0.39, 0.29) is 18.2 Å². The molecule has 0 radical (unpaired) electrons. The predicted molar refractivity (Wildman–Crippen MR) is 66.4 cm³/mol. The topological polar surface area (TPSA) is 78.9 Å². The van der Waals surface area contributed by atoms with Crippen molar-refractivity contribution in [2.24, 2.45) is 0 Å². The number of carboxylic acid groups (broad SMARTS) is 1. The van der Waals surface area contributed by atoms with Gasteiger partial charge in [-0.15, -0.1) is 0 Å². The van der Waals surface area contributed by atoms with Gasteiger partial charge in [-0.2, -0.15) is 0 Å². The Balaban J connectivity index is 2.55. The highest BCUT2D eigenvalue weighted by Crippen LogP contribution is 2.11. The summed E-state index contributed by atoms with van der Waals surface area (Å²) in [6.45, 7) is 6.68. The van der Waals surface area contributed by atoms with Crippen LogP contribution in [0, 0.1) is 0 Å². The molecule has 0 bridgehead atoms. The highest BCUT2D eigenvalue weighted by molar-refractivity contribution is 5.82. The van der Waals surface area contributed by atoms with Crippen LogP contribution in [0.3, 0.4) is 0 Å². The number of hydrogen-bond donors (Lipinski definition) is 2. The van der Waals surface area contributed by atoms with Gasteiger partial charge >= 0.3 is 12.0 Å². The van der Waals surface area contributed by atoms with E-state index in [0.717, 1.165) is 0 Å². The number of amides is 2. The summed E-state index contributed by atoms with van der Waals surface area (Å²) in [6.07, 6.45) is 1.12. The third-order valence-corrected chi connectivity index (χ3v) is 2.88. The van der Waals surface area contributed by atoms with Crippen LogP contribution in [0.15, 0.2) is 0 Å². The summed E-state index contributed by atoms with van der Waals surface area (Å²) in [6, 6.07) is -1.13. The largest absolute Gasteiger partial charge is 0.480 e. The Bertz CT molecular complexity index is 298. The molecule has 3 unspecified atom stereocenters. The van der Waals surface area contributed by atoms with Crippen molar-refractivity contribution in [1.82, 2.24) is 10.2 Å². The molecule has 6 heteroatoms. The number of nitrogens with one attached hydrogen (secondary N) is 1. The molecule has 3 atom stereocenters. The molecule has 0 aromatic carbocycles. The number of hydrogen-bond acceptors (Lipinski definition) is 3. The Morgan fingerprint density at radius 3 is 2.39 bits per heavy atom. The van der Waals surface area contributed by atoms with Gasteiger partial charge in [0, 0.05) is 13.1 Å². The Kier molecular flexibility index (Phi) is 5.40. The van der Waals surface area contributed by atoms with Crippen molar-refractivity contribution in [2.75, 3.05) is 13.1 Å². The van der Waals surface area contributed by atoms with Crippen LogP contribution in [0.2, 0.25) is 0 Å². The average molecular weight is 258 g/mol. The van der Waals surface area contributed by atoms with Gasteiger partial charge in [0.2, 0.25) is 0 Å². The summed E-state index contributed by atoms with van der Waals surface area (Å²) in [5, 5.41) is 11.6. The number of carboxylic acids is 1. The van der Waals surface area contributed by atoms with Crippen molar-refractivity contribution in [3.8, 4) is 0 Å². The SMILES string of the molecule is CCCC(NC(=O)N1CC(C)OC(C)C1)C(=O)O. The van der Waals surface area contributed by atoms with Crippen molar-refractivity contribution >= 4 is 12.0 Å². The minimum atomic E-state index is -0.987. The number of ether oxygens (including phenoxy) is 1. The van der Waals surface area contributed by atoms with Crippen molar-refractivity contribution in [3.63, 3.8) is 0 Å². The second-order valence-electron chi connectivity index (χ2n) is 4.79. The van der Waals surface area contributed by atoms with E-state index in [1.54, 1.807) is 4.90 Å². The smallest absolute Gasteiger partial charge is 0.326 e. The fourth-order valence-corrected chi connectivity index (χ4v) is 2.13. The first-order valence-corrected chi connectivity index (χ1v) is 6.37. The maximum atomic E-state index is 12.0. The molecule has 1 aliphatic heterocycles. The molecule has 0 saturated carbocycles. The number of morpholine rings is 1. The molecule has 18 heavy (non-hydrogen) atoms. The van der Waals surface area contributed by atoms with Crippen molar-refractivity contribution < 1.29 is 19.4 Å². The number of carbonyl (C=O) groups is 2. The van der Waals surface area contributed by atoms with E-state index in [1.165, 1.54) is 0 Å². The zero-order chi connectivity index (χ0) is 13.7. The van der Waals surface area contributed by atoms with Gasteiger partial charge in [-0.05, 0) is 20.3 Å². The summed E-state index contributed by atoms with van der Waals surface area (Å²) in [7, 11) is 0. The molecule has 2 N–H and O–H groups in total. The summed E-state index contributed by atoms with van der Waals surface area (Å²) in [5.41, 5.74) is 0. The predicted octanol–water partition coefficient (Wildman–Crippen LogP) is 1.06. The van der Waals surface area contributed by atoms with Gasteiger partial charge in [-0.3, -0.25) is 0 Å². The average Bonchev–Trinajstić information content (AvgIpc) is 2.26. The van der Waals surface area contributed by atoms with Gasteiger partial charge in [-0.1, -0.05) is 13.3 Å². The third kappa shape index (κ3) is 4.18. The van der Waals surface area contributed by atoms with E-state index in [4.69, 9.17) is 9.84 Å². The summed E-state index contributed by atoms with van der Waals surface area (Å²) >= 11 is 0. The van der Waals surface area contributed by atoms with Crippen LogP contribution in [-0.4, -0.2) is 53.3 Å². The van der Waals surface area contributed by atoms with Crippen LogP contribution in [0.5, 0.6) is 0 Å². The van der Waals surface area contributed by atoms with Crippen molar-refractivity contribution in [2.45, 2.75) is 51.9 Å². The standard InChI is InChI=1S/C12H22N2O4/c1-4-5-10(11(15)16)13-12(17)14-6-8(2)18-9(3)7-14/h8-10H,4-7H2,1-3H3,(H,13,17)(H,15,16). The van der Waals surface area contributed by atoms with Crippen LogP contribution >= 0.6 is 0 Å². The van der Waals surface area contributed by atoms with E-state index >= 15 is 0 Å². The molecule has 1 aliphatic rings. The lowest BCUT2D eigenvalue weighted by atomic mass is 10.1. The van der Waals surface area contributed by atoms with Crippen LogP contribution in [0.25, 0.3) is 0 Å². The van der Waals surface area contributed by atoms with E-state index in [1.807, 2.05) is 20.8 Å². The number of aliphatic carboxylic acids is 1. The summed E-state index contributed by atoms with van der Waals surface area (Å²) < 4.78 is 5.53. The van der Waals surface area contributed by atoms with Gasteiger partial charge < -0.3 is 20.1 Å². The Hall–Kier alpha value is -1.30. The quantitative estimate of drug-likeness (QED) is 0.790. The van der Waals surface area contributed by atoms with E-state index < -0.39 is 12.0 Å². The van der Waals surface area contributed by atoms with E-state index in [2.05, 4.69) is 5.32 Å². The molecular weight excluding hydrogens is 236 g/mol. The van der Waals surface area contributed by atoms with Gasteiger partial charge in [-0.25, -0.2) is 9.59 Å². The molecule has 0 aromatic heterocycles. The minimum Gasteiger partial charge on any atom is -0.480 e. The molecular formula is C12H22N2O4. The first-order valence-electron chi connectivity index (χ1n) is 6.37. The van der Waals surface area contributed by atoms with Gasteiger partial charge in [0.1, 0.15) is 6.04 Å². The lowest BCUT2D eigenvalue weighted by Gasteiger charge is -2.35. The highest BCUT2D eigenvalue weighted by Gasteiger charge is 2.28. The van der Waals surface area contributed by atoms with Crippen LogP contribution in [0.1, 0.15) is 33.6 Å². The van der Waals surface area contributed by atoms with Crippen LogP contribution in [0.4, 0.5) is 4.79 Å². The van der Waals surface area contributed by atoms with Crippen LogP contribution < -0.4 is 5.32 Å². The number of nitrogens with zero attached hydrogens (tertiary/aromatic N) is 1. The lowest BCUT2D eigenvalue weighted by Crippen LogP contribution is -2.54. The molecule has 1 fully saturated rings. The number of rotatable bonds is 4. The fourth-order valence-electron chi connectivity index (χ4n) is 2.13. The summed E-state index contributed by atoms with van der Waals surface area (Å²) in [4.78, 5) is 24.6. The second kappa shape index (κ2) is 6.58.